The van der Waals surface area contributed by atoms with Crippen molar-refractivity contribution in [2.45, 2.75) is 11.7 Å². The van der Waals surface area contributed by atoms with Crippen LogP contribution < -0.4 is 0 Å². The summed E-state index contributed by atoms with van der Waals surface area (Å²) in [6, 6.07) is 4.26. The molecule has 0 bridgehead atoms. The van der Waals surface area contributed by atoms with Gasteiger partial charge in [0.05, 0.1) is 0 Å². The van der Waals surface area contributed by atoms with E-state index in [0.29, 0.717) is 11.1 Å². The molecule has 0 radical (unpaired) electrons. The maximum Gasteiger partial charge on any atom is 0.291 e. The fourth-order valence-corrected chi connectivity index (χ4v) is 4.37. The lowest BCUT2D eigenvalue weighted by Gasteiger charge is -2.18. The third kappa shape index (κ3) is 2.82. The highest BCUT2D eigenvalue weighted by molar-refractivity contribution is 7.99. The van der Waals surface area contributed by atoms with Gasteiger partial charge in [-0.3, -0.25) is 9.89 Å². The summed E-state index contributed by atoms with van der Waals surface area (Å²) < 4.78 is 0. The van der Waals surface area contributed by atoms with E-state index in [2.05, 4.69) is 32.7 Å². The van der Waals surface area contributed by atoms with E-state index < -0.39 is 0 Å². The molecule has 0 aromatic carbocycles. The van der Waals surface area contributed by atoms with Crippen molar-refractivity contribution in [3.8, 4) is 0 Å². The van der Waals surface area contributed by atoms with Crippen molar-refractivity contribution in [3.05, 3.63) is 34.5 Å². The summed E-state index contributed by atoms with van der Waals surface area (Å²) in [5, 5.41) is 8.98. The van der Waals surface area contributed by atoms with Gasteiger partial charge >= 0.3 is 0 Å². The highest BCUT2D eigenvalue weighted by atomic mass is 32.2. The highest BCUT2D eigenvalue weighted by Gasteiger charge is 2.24. The Morgan fingerprint density at radius 1 is 1.47 bits per heavy atom. The first-order chi connectivity index (χ1) is 9.34. The minimum atomic E-state index is -0.0510. The Kier molecular flexibility index (Phi) is 3.84. The molecule has 2 aromatic heterocycles. The van der Waals surface area contributed by atoms with Gasteiger partial charge in [-0.05, 0) is 17.9 Å². The van der Waals surface area contributed by atoms with Crippen LogP contribution in [0.2, 0.25) is 0 Å². The zero-order valence-corrected chi connectivity index (χ0v) is 11.9. The van der Waals surface area contributed by atoms with Gasteiger partial charge in [0.25, 0.3) is 5.91 Å². The van der Waals surface area contributed by atoms with E-state index >= 15 is 0 Å². The standard InChI is InChI=1S/C12H14N4OS2/c17-12(11-13-8-14-15-11)16-4-3-10(19-7-5-16)9-2-1-6-18-9/h1-2,6,8,10H,3-5,7H2,(H,13,14,15). The fraction of sp³-hybridized carbons (Fsp3) is 0.417. The van der Waals surface area contributed by atoms with Crippen molar-refractivity contribution < 1.29 is 4.79 Å². The van der Waals surface area contributed by atoms with Crippen molar-refractivity contribution in [1.82, 2.24) is 20.1 Å². The molecule has 7 heteroatoms. The van der Waals surface area contributed by atoms with Gasteiger partial charge in [0.2, 0.25) is 5.82 Å². The molecule has 1 unspecified atom stereocenters. The zero-order chi connectivity index (χ0) is 13.1. The monoisotopic (exact) mass is 294 g/mol. The maximum absolute atomic E-state index is 12.2. The molecule has 1 amide bonds. The molecule has 1 fully saturated rings. The zero-order valence-electron chi connectivity index (χ0n) is 10.3. The number of carbonyl (C=O) groups is 1. The van der Waals surface area contributed by atoms with Gasteiger partial charge in [0.1, 0.15) is 6.33 Å². The van der Waals surface area contributed by atoms with Crippen LogP contribution in [0.1, 0.15) is 27.2 Å². The summed E-state index contributed by atoms with van der Waals surface area (Å²) in [6.45, 7) is 1.54. The average Bonchev–Trinajstić information content (AvgIpc) is 3.08. The van der Waals surface area contributed by atoms with Crippen molar-refractivity contribution in [2.75, 3.05) is 18.8 Å². The third-order valence-corrected chi connectivity index (χ3v) is 5.55. The van der Waals surface area contributed by atoms with Crippen LogP contribution in [0.3, 0.4) is 0 Å². The third-order valence-electron chi connectivity index (χ3n) is 3.11. The van der Waals surface area contributed by atoms with Crippen molar-refractivity contribution >= 4 is 29.0 Å². The predicted octanol–water partition coefficient (Wildman–Crippen LogP) is 2.19. The largest absolute Gasteiger partial charge is 0.335 e. The SMILES string of the molecule is O=C(c1ncn[nH]1)N1CCSC(c2cccs2)CC1. The van der Waals surface area contributed by atoms with E-state index in [1.165, 1.54) is 11.2 Å². The predicted molar refractivity (Wildman–Crippen MR) is 76.4 cm³/mol. The number of nitrogens with zero attached hydrogens (tertiary/aromatic N) is 3. The van der Waals surface area contributed by atoms with Crippen LogP contribution in [0, 0.1) is 0 Å². The Bertz CT molecular complexity index is 526. The number of amides is 1. The summed E-state index contributed by atoms with van der Waals surface area (Å²) in [6.07, 6.45) is 2.36. The minimum absolute atomic E-state index is 0.0510. The van der Waals surface area contributed by atoms with E-state index in [1.807, 2.05) is 16.7 Å². The molecule has 1 saturated heterocycles. The van der Waals surface area contributed by atoms with Gasteiger partial charge in [-0.15, -0.1) is 11.3 Å². The van der Waals surface area contributed by atoms with E-state index in [-0.39, 0.29) is 5.91 Å². The number of thioether (sulfide) groups is 1. The van der Waals surface area contributed by atoms with E-state index in [1.54, 1.807) is 11.3 Å². The molecule has 1 atom stereocenters. The van der Waals surface area contributed by atoms with Crippen LogP contribution in [0.25, 0.3) is 0 Å². The molecule has 1 N–H and O–H groups in total. The lowest BCUT2D eigenvalue weighted by atomic mass is 10.2. The summed E-state index contributed by atoms with van der Waals surface area (Å²) in [5.41, 5.74) is 0. The van der Waals surface area contributed by atoms with Crippen LogP contribution in [-0.2, 0) is 0 Å². The molecule has 100 valence electrons. The van der Waals surface area contributed by atoms with E-state index in [4.69, 9.17) is 0 Å². The molecule has 5 nitrogen and oxygen atoms in total. The topological polar surface area (TPSA) is 61.9 Å². The number of hydrogen-bond acceptors (Lipinski definition) is 5. The number of rotatable bonds is 2. The molecule has 0 aliphatic carbocycles. The van der Waals surface area contributed by atoms with E-state index in [9.17, 15) is 4.79 Å². The maximum atomic E-state index is 12.2. The summed E-state index contributed by atoms with van der Waals surface area (Å²) in [5.74, 6) is 1.24. The molecule has 3 rings (SSSR count). The second-order valence-electron chi connectivity index (χ2n) is 4.29. The summed E-state index contributed by atoms with van der Waals surface area (Å²) >= 11 is 3.72. The van der Waals surface area contributed by atoms with Gasteiger partial charge < -0.3 is 4.90 Å². The first-order valence-electron chi connectivity index (χ1n) is 6.14. The Morgan fingerprint density at radius 2 is 2.42 bits per heavy atom. The molecule has 3 heterocycles. The Labute approximate surface area is 119 Å². The quantitative estimate of drug-likeness (QED) is 0.922. The number of thiophene rings is 1. The number of nitrogens with one attached hydrogen (secondary N) is 1. The Hall–Kier alpha value is -1.34. The first kappa shape index (κ1) is 12.7. The first-order valence-corrected chi connectivity index (χ1v) is 8.07. The van der Waals surface area contributed by atoms with Gasteiger partial charge in [-0.25, -0.2) is 4.98 Å². The Balaban J connectivity index is 1.66. The van der Waals surface area contributed by atoms with Crippen LogP contribution in [0.4, 0.5) is 0 Å². The van der Waals surface area contributed by atoms with Crippen molar-refractivity contribution in [3.63, 3.8) is 0 Å². The summed E-state index contributed by atoms with van der Waals surface area (Å²) in [7, 11) is 0. The highest BCUT2D eigenvalue weighted by Crippen LogP contribution is 2.36. The normalized spacial score (nSPS) is 20.2. The van der Waals surface area contributed by atoms with Gasteiger partial charge in [-0.2, -0.15) is 16.9 Å². The molecule has 19 heavy (non-hydrogen) atoms. The summed E-state index contributed by atoms with van der Waals surface area (Å²) in [4.78, 5) is 19.4. The smallest absolute Gasteiger partial charge is 0.291 e. The van der Waals surface area contributed by atoms with Crippen molar-refractivity contribution in [1.29, 1.82) is 0 Å². The van der Waals surface area contributed by atoms with Gasteiger partial charge in [-0.1, -0.05) is 6.07 Å². The lowest BCUT2D eigenvalue weighted by Crippen LogP contribution is -2.33. The second kappa shape index (κ2) is 5.75. The van der Waals surface area contributed by atoms with Crippen LogP contribution in [0.5, 0.6) is 0 Å². The Morgan fingerprint density at radius 3 is 3.16 bits per heavy atom. The molecule has 0 spiro atoms. The molecule has 1 aliphatic rings. The molecular formula is C12H14N4OS2. The number of aromatic amines is 1. The molecule has 2 aromatic rings. The number of H-pyrrole nitrogens is 1. The fourth-order valence-electron chi connectivity index (χ4n) is 2.13. The van der Waals surface area contributed by atoms with Crippen LogP contribution >= 0.6 is 23.1 Å². The van der Waals surface area contributed by atoms with Gasteiger partial charge in [0.15, 0.2) is 0 Å². The van der Waals surface area contributed by atoms with Crippen LogP contribution in [0.15, 0.2) is 23.8 Å². The number of aromatic nitrogens is 3. The molecule has 1 aliphatic heterocycles. The van der Waals surface area contributed by atoms with Crippen LogP contribution in [-0.4, -0.2) is 44.8 Å². The number of hydrogen-bond donors (Lipinski definition) is 1. The molecule has 0 saturated carbocycles. The average molecular weight is 294 g/mol. The second-order valence-corrected chi connectivity index (χ2v) is 6.58. The minimum Gasteiger partial charge on any atom is -0.335 e. The lowest BCUT2D eigenvalue weighted by molar-refractivity contribution is 0.0755. The number of carbonyl (C=O) groups excluding carboxylic acids is 1. The van der Waals surface area contributed by atoms with Gasteiger partial charge in [0, 0.05) is 29.0 Å². The molecular weight excluding hydrogens is 280 g/mol. The van der Waals surface area contributed by atoms with Crippen molar-refractivity contribution in [2.24, 2.45) is 0 Å². The van der Waals surface area contributed by atoms with E-state index in [0.717, 1.165) is 25.3 Å².